The standard InChI is InChI=1S/C21H26BrNO3/c1-21(2,3)26-20(24)23(4)15-14-18(16-10-6-5-7-11-16)25-19-13-9-8-12-17(19)22/h5-13,18H,14-15H2,1-4H3/t18-/m1/s1. The van der Waals surface area contributed by atoms with Crippen LogP contribution >= 0.6 is 15.9 Å². The van der Waals surface area contributed by atoms with E-state index in [-0.39, 0.29) is 12.2 Å². The summed E-state index contributed by atoms with van der Waals surface area (Å²) in [5.74, 6) is 0.779. The minimum atomic E-state index is -0.504. The molecule has 0 N–H and O–H groups in total. The minimum Gasteiger partial charge on any atom is -0.484 e. The highest BCUT2D eigenvalue weighted by Gasteiger charge is 2.21. The summed E-state index contributed by atoms with van der Waals surface area (Å²) < 4.78 is 12.6. The van der Waals surface area contributed by atoms with Crippen LogP contribution in [0.5, 0.6) is 5.75 Å². The van der Waals surface area contributed by atoms with E-state index < -0.39 is 5.60 Å². The zero-order valence-corrected chi connectivity index (χ0v) is 17.3. The first-order valence-corrected chi connectivity index (χ1v) is 9.46. The smallest absolute Gasteiger partial charge is 0.410 e. The van der Waals surface area contributed by atoms with E-state index in [1.807, 2.05) is 75.4 Å². The van der Waals surface area contributed by atoms with Gasteiger partial charge in [0.25, 0.3) is 0 Å². The molecule has 0 unspecified atom stereocenters. The lowest BCUT2D eigenvalue weighted by Gasteiger charge is -2.26. The van der Waals surface area contributed by atoms with E-state index in [9.17, 15) is 4.79 Å². The number of hydrogen-bond donors (Lipinski definition) is 0. The number of benzene rings is 2. The average Bonchev–Trinajstić information content (AvgIpc) is 2.59. The van der Waals surface area contributed by atoms with Crippen molar-refractivity contribution >= 4 is 22.0 Å². The lowest BCUT2D eigenvalue weighted by Crippen LogP contribution is -2.35. The quantitative estimate of drug-likeness (QED) is 0.591. The topological polar surface area (TPSA) is 38.8 Å². The lowest BCUT2D eigenvalue weighted by atomic mass is 10.1. The summed E-state index contributed by atoms with van der Waals surface area (Å²) in [5.41, 5.74) is 0.566. The fraction of sp³-hybridized carbons (Fsp3) is 0.381. The molecule has 1 amide bonds. The Morgan fingerprint density at radius 2 is 1.69 bits per heavy atom. The first-order valence-electron chi connectivity index (χ1n) is 8.66. The van der Waals surface area contributed by atoms with Gasteiger partial charge in [-0.1, -0.05) is 42.5 Å². The van der Waals surface area contributed by atoms with Crippen molar-refractivity contribution in [2.45, 2.75) is 38.9 Å². The third-order valence-corrected chi connectivity index (χ3v) is 4.36. The van der Waals surface area contributed by atoms with E-state index in [1.54, 1.807) is 11.9 Å². The highest BCUT2D eigenvalue weighted by Crippen LogP contribution is 2.30. The molecule has 0 saturated carbocycles. The second-order valence-corrected chi connectivity index (χ2v) is 7.99. The molecule has 0 saturated heterocycles. The predicted octanol–water partition coefficient (Wildman–Crippen LogP) is 5.83. The fourth-order valence-electron chi connectivity index (χ4n) is 2.40. The van der Waals surface area contributed by atoms with Crippen molar-refractivity contribution in [3.63, 3.8) is 0 Å². The number of halogens is 1. The van der Waals surface area contributed by atoms with E-state index >= 15 is 0 Å². The highest BCUT2D eigenvalue weighted by molar-refractivity contribution is 9.10. The predicted molar refractivity (Wildman–Crippen MR) is 107 cm³/mol. The molecule has 5 heteroatoms. The molecule has 0 heterocycles. The van der Waals surface area contributed by atoms with Gasteiger partial charge in [0.05, 0.1) is 4.47 Å². The fourth-order valence-corrected chi connectivity index (χ4v) is 2.78. The molecule has 1 atom stereocenters. The molecule has 0 aliphatic carbocycles. The Morgan fingerprint density at radius 3 is 2.31 bits per heavy atom. The Bertz CT molecular complexity index is 713. The third kappa shape index (κ3) is 6.37. The van der Waals surface area contributed by atoms with Crippen molar-refractivity contribution in [1.82, 2.24) is 4.90 Å². The molecule has 0 radical (unpaired) electrons. The van der Waals surface area contributed by atoms with E-state index in [1.165, 1.54) is 0 Å². The molecule has 2 aromatic carbocycles. The number of carbonyl (C=O) groups is 1. The summed E-state index contributed by atoms with van der Waals surface area (Å²) >= 11 is 3.52. The van der Waals surface area contributed by atoms with Gasteiger partial charge in [0.2, 0.25) is 0 Å². The van der Waals surface area contributed by atoms with Crippen LogP contribution < -0.4 is 4.74 Å². The van der Waals surface area contributed by atoms with E-state index in [4.69, 9.17) is 9.47 Å². The van der Waals surface area contributed by atoms with Gasteiger partial charge in [-0.25, -0.2) is 4.79 Å². The normalized spacial score (nSPS) is 12.3. The van der Waals surface area contributed by atoms with Crippen LogP contribution in [-0.4, -0.2) is 30.2 Å². The maximum atomic E-state index is 12.2. The van der Waals surface area contributed by atoms with Crippen LogP contribution in [0.4, 0.5) is 4.79 Å². The second kappa shape index (κ2) is 9.08. The maximum Gasteiger partial charge on any atom is 0.410 e. The number of nitrogens with zero attached hydrogens (tertiary/aromatic N) is 1. The van der Waals surface area contributed by atoms with Crippen LogP contribution in [0.2, 0.25) is 0 Å². The van der Waals surface area contributed by atoms with Crippen molar-refractivity contribution in [1.29, 1.82) is 0 Å². The summed E-state index contributed by atoms with van der Waals surface area (Å²) in [6.07, 6.45) is 0.158. The SMILES string of the molecule is CN(CC[C@@H](Oc1ccccc1Br)c1ccccc1)C(=O)OC(C)(C)C. The Hall–Kier alpha value is -2.01. The second-order valence-electron chi connectivity index (χ2n) is 7.14. The minimum absolute atomic E-state index is 0.167. The maximum absolute atomic E-state index is 12.2. The van der Waals surface area contributed by atoms with Gasteiger partial charge in [0.15, 0.2) is 0 Å². The molecule has 2 rings (SSSR count). The van der Waals surface area contributed by atoms with Crippen LogP contribution in [0.1, 0.15) is 38.9 Å². The van der Waals surface area contributed by atoms with Gasteiger partial charge in [-0.05, 0) is 54.4 Å². The number of carbonyl (C=O) groups excluding carboxylic acids is 1. The average molecular weight is 420 g/mol. The molecule has 0 aliphatic rings. The number of ether oxygens (including phenoxy) is 2. The number of amides is 1. The Balaban J connectivity index is 2.08. The van der Waals surface area contributed by atoms with Crippen LogP contribution in [0.3, 0.4) is 0 Å². The van der Waals surface area contributed by atoms with Crippen LogP contribution in [-0.2, 0) is 4.74 Å². The zero-order valence-electron chi connectivity index (χ0n) is 15.7. The number of hydrogen-bond acceptors (Lipinski definition) is 3. The largest absolute Gasteiger partial charge is 0.484 e. The summed E-state index contributed by atoms with van der Waals surface area (Å²) in [7, 11) is 1.74. The molecular weight excluding hydrogens is 394 g/mol. The van der Waals surface area contributed by atoms with Crippen molar-refractivity contribution in [2.75, 3.05) is 13.6 Å². The first kappa shape index (κ1) is 20.3. The molecule has 0 spiro atoms. The Labute approximate surface area is 164 Å². The molecule has 0 bridgehead atoms. The summed E-state index contributed by atoms with van der Waals surface area (Å²) in [6.45, 7) is 6.11. The number of rotatable bonds is 6. The third-order valence-electron chi connectivity index (χ3n) is 3.71. The van der Waals surface area contributed by atoms with Crippen LogP contribution in [0, 0.1) is 0 Å². The van der Waals surface area contributed by atoms with Gasteiger partial charge in [-0.2, -0.15) is 0 Å². The molecular formula is C21H26BrNO3. The van der Waals surface area contributed by atoms with Crippen LogP contribution in [0.15, 0.2) is 59.1 Å². The summed E-state index contributed by atoms with van der Waals surface area (Å²) in [6, 6.07) is 17.8. The molecule has 2 aromatic rings. The molecule has 0 fully saturated rings. The van der Waals surface area contributed by atoms with Gasteiger partial charge in [-0.15, -0.1) is 0 Å². The molecule has 4 nitrogen and oxygen atoms in total. The van der Waals surface area contributed by atoms with E-state index in [0.717, 1.165) is 15.8 Å². The van der Waals surface area contributed by atoms with Gasteiger partial charge >= 0.3 is 6.09 Å². The first-order chi connectivity index (χ1) is 12.3. The summed E-state index contributed by atoms with van der Waals surface area (Å²) in [5, 5.41) is 0. The van der Waals surface area contributed by atoms with Gasteiger partial charge in [0.1, 0.15) is 17.5 Å². The zero-order chi connectivity index (χ0) is 19.2. The lowest BCUT2D eigenvalue weighted by molar-refractivity contribution is 0.0278. The molecule has 26 heavy (non-hydrogen) atoms. The molecule has 140 valence electrons. The molecule has 0 aromatic heterocycles. The monoisotopic (exact) mass is 419 g/mol. The van der Waals surface area contributed by atoms with E-state index in [0.29, 0.717) is 13.0 Å². The van der Waals surface area contributed by atoms with Crippen molar-refractivity contribution < 1.29 is 14.3 Å². The Kier molecular flexibility index (Phi) is 7.09. The van der Waals surface area contributed by atoms with Crippen LogP contribution in [0.25, 0.3) is 0 Å². The van der Waals surface area contributed by atoms with Crippen molar-refractivity contribution in [3.05, 3.63) is 64.6 Å². The van der Waals surface area contributed by atoms with Gasteiger partial charge < -0.3 is 14.4 Å². The summed E-state index contributed by atoms with van der Waals surface area (Å²) in [4.78, 5) is 13.8. The van der Waals surface area contributed by atoms with Crippen molar-refractivity contribution in [2.24, 2.45) is 0 Å². The Morgan fingerprint density at radius 1 is 1.08 bits per heavy atom. The highest BCUT2D eigenvalue weighted by atomic mass is 79.9. The molecule has 0 aliphatic heterocycles. The van der Waals surface area contributed by atoms with Gasteiger partial charge in [0, 0.05) is 20.0 Å². The van der Waals surface area contributed by atoms with Gasteiger partial charge in [-0.3, -0.25) is 0 Å². The van der Waals surface area contributed by atoms with Crippen molar-refractivity contribution in [3.8, 4) is 5.75 Å². The van der Waals surface area contributed by atoms with E-state index in [2.05, 4.69) is 15.9 Å². The number of para-hydroxylation sites is 1.